The van der Waals surface area contributed by atoms with Gasteiger partial charge < -0.3 is 25.0 Å². The third kappa shape index (κ3) is 7.29. The molecule has 1 heterocycles. The molecule has 0 bridgehead atoms. The number of aliphatic imine (C=N–C) groups is 1. The van der Waals surface area contributed by atoms with Crippen LogP contribution in [0.25, 0.3) is 0 Å². The molecule has 0 saturated carbocycles. The van der Waals surface area contributed by atoms with Crippen LogP contribution >= 0.6 is 0 Å². The van der Waals surface area contributed by atoms with E-state index < -0.39 is 0 Å². The highest BCUT2D eigenvalue weighted by molar-refractivity contribution is 5.80. The van der Waals surface area contributed by atoms with E-state index in [2.05, 4.69) is 29.7 Å². The lowest BCUT2D eigenvalue weighted by Gasteiger charge is -2.32. The molecule has 7 heteroatoms. The van der Waals surface area contributed by atoms with Gasteiger partial charge in [-0.3, -0.25) is 4.99 Å². The fourth-order valence-corrected chi connectivity index (χ4v) is 3.20. The van der Waals surface area contributed by atoms with Gasteiger partial charge in [0.2, 0.25) is 0 Å². The predicted octanol–water partition coefficient (Wildman–Crippen LogP) is 2.80. The van der Waals surface area contributed by atoms with Crippen LogP contribution in [0.2, 0.25) is 0 Å². The van der Waals surface area contributed by atoms with Gasteiger partial charge in [-0.1, -0.05) is 12.1 Å². The third-order valence-electron chi connectivity index (χ3n) is 4.76. The molecule has 0 radical (unpaired) electrons. The number of ether oxygens (including phenoxy) is 2. The van der Waals surface area contributed by atoms with E-state index >= 15 is 0 Å². The number of nitrogens with zero attached hydrogens (tertiary/aromatic N) is 2. The van der Waals surface area contributed by atoms with E-state index in [0.29, 0.717) is 25.7 Å². The molecule has 2 N–H and O–H groups in total. The van der Waals surface area contributed by atoms with E-state index in [1.165, 1.54) is 5.56 Å². The van der Waals surface area contributed by atoms with Crippen LogP contribution in [0.3, 0.4) is 0 Å². The third-order valence-corrected chi connectivity index (χ3v) is 4.76. The van der Waals surface area contributed by atoms with Gasteiger partial charge in [-0.2, -0.15) is 0 Å². The normalized spacial score (nSPS) is 15.2. The topological polar surface area (TPSA) is 75.2 Å². The summed E-state index contributed by atoms with van der Waals surface area (Å²) < 4.78 is 10.3. The highest BCUT2D eigenvalue weighted by Gasteiger charge is 2.23. The second kappa shape index (κ2) is 12.1. The van der Waals surface area contributed by atoms with Crippen molar-refractivity contribution < 1.29 is 14.3 Å². The van der Waals surface area contributed by atoms with Crippen LogP contribution in [-0.2, 0) is 11.2 Å². The first-order valence-corrected chi connectivity index (χ1v) is 10.3. The van der Waals surface area contributed by atoms with Crippen LogP contribution in [0.1, 0.15) is 38.7 Å². The molecule has 1 amide bonds. The molecule has 0 spiro atoms. The molecule has 1 fully saturated rings. The number of methoxy groups -OCH3 is 1. The van der Waals surface area contributed by atoms with Gasteiger partial charge in [-0.15, -0.1) is 0 Å². The van der Waals surface area contributed by atoms with E-state index in [1.807, 2.05) is 19.1 Å². The van der Waals surface area contributed by atoms with Crippen LogP contribution in [0, 0.1) is 0 Å². The molecule has 28 heavy (non-hydrogen) atoms. The van der Waals surface area contributed by atoms with Crippen molar-refractivity contribution in [3.8, 4) is 5.75 Å². The first-order chi connectivity index (χ1) is 13.7. The number of carbonyl (C=O) groups is 1. The van der Waals surface area contributed by atoms with Crippen molar-refractivity contribution in [2.45, 2.75) is 45.6 Å². The van der Waals surface area contributed by atoms with E-state index in [4.69, 9.17) is 14.5 Å². The number of hydrogen-bond acceptors (Lipinski definition) is 4. The summed E-state index contributed by atoms with van der Waals surface area (Å²) >= 11 is 0. The molecule has 7 nitrogen and oxygen atoms in total. The van der Waals surface area contributed by atoms with E-state index in [0.717, 1.165) is 50.5 Å². The maximum atomic E-state index is 11.8. The van der Waals surface area contributed by atoms with Crippen LogP contribution in [0.4, 0.5) is 4.79 Å². The van der Waals surface area contributed by atoms with E-state index in [1.54, 1.807) is 12.0 Å². The molecular formula is C21H34N4O3. The number of benzene rings is 1. The SMILES string of the molecule is CCNC(=NCCCc1ccc(OC)cc1)NC1CCN(C(=O)OCC)CC1. The number of rotatable bonds is 8. The summed E-state index contributed by atoms with van der Waals surface area (Å²) in [5, 5.41) is 6.82. The van der Waals surface area contributed by atoms with Gasteiger partial charge in [0.15, 0.2) is 5.96 Å². The van der Waals surface area contributed by atoms with Crippen molar-refractivity contribution in [1.29, 1.82) is 0 Å². The smallest absolute Gasteiger partial charge is 0.409 e. The molecular weight excluding hydrogens is 356 g/mol. The van der Waals surface area contributed by atoms with Crippen molar-refractivity contribution >= 4 is 12.1 Å². The summed E-state index contributed by atoms with van der Waals surface area (Å²) in [7, 11) is 1.68. The molecule has 1 aliphatic rings. The van der Waals surface area contributed by atoms with Crippen LogP contribution in [0.5, 0.6) is 5.75 Å². The molecule has 1 aromatic carbocycles. The van der Waals surface area contributed by atoms with Gasteiger partial charge in [0.1, 0.15) is 5.75 Å². The average molecular weight is 391 g/mol. The number of likely N-dealkylation sites (tertiary alicyclic amines) is 1. The van der Waals surface area contributed by atoms with Crippen LogP contribution < -0.4 is 15.4 Å². The minimum Gasteiger partial charge on any atom is -0.497 e. The van der Waals surface area contributed by atoms with Crippen LogP contribution in [0.15, 0.2) is 29.3 Å². The van der Waals surface area contributed by atoms with Crippen molar-refractivity contribution in [2.24, 2.45) is 4.99 Å². The Hall–Kier alpha value is -2.44. The Kier molecular flexibility index (Phi) is 9.45. The summed E-state index contributed by atoms with van der Waals surface area (Å²) in [6.07, 6.45) is 3.57. The van der Waals surface area contributed by atoms with Gasteiger partial charge >= 0.3 is 6.09 Å². The first kappa shape index (κ1) is 21.9. The maximum Gasteiger partial charge on any atom is 0.409 e. The average Bonchev–Trinajstić information content (AvgIpc) is 2.72. The molecule has 1 saturated heterocycles. The summed E-state index contributed by atoms with van der Waals surface area (Å²) in [5.74, 6) is 1.74. The Morgan fingerprint density at radius 2 is 1.93 bits per heavy atom. The zero-order valence-corrected chi connectivity index (χ0v) is 17.4. The van der Waals surface area contributed by atoms with E-state index in [-0.39, 0.29) is 6.09 Å². The zero-order valence-electron chi connectivity index (χ0n) is 17.4. The minimum absolute atomic E-state index is 0.208. The Balaban J connectivity index is 1.75. The Labute approximate surface area is 168 Å². The molecule has 1 aromatic rings. The van der Waals surface area contributed by atoms with Crippen molar-refractivity contribution in [2.75, 3.05) is 39.9 Å². The Morgan fingerprint density at radius 1 is 1.21 bits per heavy atom. The molecule has 0 unspecified atom stereocenters. The lowest BCUT2D eigenvalue weighted by molar-refractivity contribution is 0.0963. The quantitative estimate of drug-likeness (QED) is 0.406. The van der Waals surface area contributed by atoms with E-state index in [9.17, 15) is 4.79 Å². The fourth-order valence-electron chi connectivity index (χ4n) is 3.20. The predicted molar refractivity (Wildman–Crippen MR) is 112 cm³/mol. The largest absolute Gasteiger partial charge is 0.497 e. The highest BCUT2D eigenvalue weighted by atomic mass is 16.6. The number of hydrogen-bond donors (Lipinski definition) is 2. The molecule has 2 rings (SSSR count). The van der Waals surface area contributed by atoms with Gasteiger partial charge in [0.25, 0.3) is 0 Å². The Bertz CT molecular complexity index is 611. The standard InChI is InChI=1S/C21H34N4O3/c1-4-22-20(23-14-6-7-17-8-10-19(27-3)11-9-17)24-18-12-15-25(16-13-18)21(26)28-5-2/h8-11,18H,4-7,12-16H2,1-3H3,(H2,22,23,24). The Morgan fingerprint density at radius 3 is 2.54 bits per heavy atom. The second-order valence-corrected chi connectivity index (χ2v) is 6.82. The van der Waals surface area contributed by atoms with Gasteiger partial charge in [0, 0.05) is 32.2 Å². The van der Waals surface area contributed by atoms with Crippen molar-refractivity contribution in [3.05, 3.63) is 29.8 Å². The molecule has 0 aliphatic carbocycles. The van der Waals surface area contributed by atoms with Gasteiger partial charge in [-0.25, -0.2) is 4.79 Å². The molecule has 0 aromatic heterocycles. The molecule has 156 valence electrons. The van der Waals surface area contributed by atoms with Crippen LogP contribution in [-0.4, -0.2) is 62.9 Å². The number of guanidine groups is 1. The number of aryl methyl sites for hydroxylation is 1. The lowest BCUT2D eigenvalue weighted by Crippen LogP contribution is -2.49. The van der Waals surface area contributed by atoms with Gasteiger partial charge in [0.05, 0.1) is 13.7 Å². The number of piperidine rings is 1. The fraction of sp³-hybridized carbons (Fsp3) is 0.619. The number of amides is 1. The lowest BCUT2D eigenvalue weighted by atomic mass is 10.1. The van der Waals surface area contributed by atoms with Crippen molar-refractivity contribution in [3.63, 3.8) is 0 Å². The summed E-state index contributed by atoms with van der Waals surface area (Å²) in [6.45, 7) is 7.35. The zero-order chi connectivity index (χ0) is 20.2. The maximum absolute atomic E-state index is 11.8. The number of nitrogens with one attached hydrogen (secondary N) is 2. The number of carbonyl (C=O) groups excluding carboxylic acids is 1. The first-order valence-electron chi connectivity index (χ1n) is 10.3. The highest BCUT2D eigenvalue weighted by Crippen LogP contribution is 2.13. The summed E-state index contributed by atoms with van der Waals surface area (Å²) in [6, 6.07) is 8.51. The molecule has 1 aliphatic heterocycles. The summed E-state index contributed by atoms with van der Waals surface area (Å²) in [5.41, 5.74) is 1.29. The second-order valence-electron chi connectivity index (χ2n) is 6.82. The monoisotopic (exact) mass is 390 g/mol. The van der Waals surface area contributed by atoms with Gasteiger partial charge in [-0.05, 0) is 57.2 Å². The van der Waals surface area contributed by atoms with Crippen molar-refractivity contribution in [1.82, 2.24) is 15.5 Å². The minimum atomic E-state index is -0.208. The summed E-state index contributed by atoms with van der Waals surface area (Å²) in [4.78, 5) is 18.3. The molecule has 0 atom stereocenters.